The Labute approximate surface area is 200 Å². The minimum absolute atomic E-state index is 0. The highest BCUT2D eigenvalue weighted by Gasteiger charge is 2.32. The number of rotatable bonds is 10. The molecule has 1 aliphatic heterocycles. The number of piperidine rings is 1. The maximum atomic E-state index is 12.5. The maximum absolute atomic E-state index is 12.5. The van der Waals surface area contributed by atoms with Crippen LogP contribution >= 0.6 is 24.0 Å². The van der Waals surface area contributed by atoms with Gasteiger partial charge in [0.15, 0.2) is 5.96 Å². The molecule has 2 N–H and O–H groups in total. The van der Waals surface area contributed by atoms with Gasteiger partial charge in [-0.2, -0.15) is 13.2 Å². The van der Waals surface area contributed by atoms with Crippen molar-refractivity contribution in [3.8, 4) is 11.5 Å². The largest absolute Gasteiger partial charge is 0.497 e. The van der Waals surface area contributed by atoms with Gasteiger partial charge in [-0.1, -0.05) is 0 Å². The molecule has 1 aromatic rings. The first-order valence-electron chi connectivity index (χ1n) is 10.5. The molecule has 0 unspecified atom stereocenters. The molecule has 1 fully saturated rings. The van der Waals surface area contributed by atoms with Crippen molar-refractivity contribution in [2.24, 2.45) is 10.9 Å². The molecule has 1 aliphatic rings. The van der Waals surface area contributed by atoms with Crippen LogP contribution in [0.2, 0.25) is 0 Å². The summed E-state index contributed by atoms with van der Waals surface area (Å²) in [6, 6.07) is 7.42. The number of nitrogens with one attached hydrogen (secondary N) is 2. The van der Waals surface area contributed by atoms with Crippen molar-refractivity contribution >= 4 is 29.9 Å². The average Bonchev–Trinajstić information content (AvgIpc) is 2.72. The fourth-order valence-electron chi connectivity index (χ4n) is 3.40. The van der Waals surface area contributed by atoms with Gasteiger partial charge < -0.3 is 20.1 Å². The zero-order chi connectivity index (χ0) is 21.8. The quantitative estimate of drug-likeness (QED) is 0.198. The number of likely N-dealkylation sites (tertiary alicyclic amines) is 1. The van der Waals surface area contributed by atoms with E-state index < -0.39 is 12.7 Å². The fraction of sp³-hybridized carbons (Fsp3) is 0.667. The molecule has 0 radical (unpaired) electrons. The van der Waals surface area contributed by atoms with E-state index in [0.717, 1.165) is 43.3 Å². The molecular formula is C21H34F3IN4O2. The molecule has 6 nitrogen and oxygen atoms in total. The van der Waals surface area contributed by atoms with Gasteiger partial charge in [-0.3, -0.25) is 9.89 Å². The summed E-state index contributed by atoms with van der Waals surface area (Å²) >= 11 is 0. The fourth-order valence-corrected chi connectivity index (χ4v) is 3.40. The van der Waals surface area contributed by atoms with Crippen LogP contribution in [0.5, 0.6) is 11.5 Å². The van der Waals surface area contributed by atoms with Crippen LogP contribution in [-0.2, 0) is 0 Å². The number of ether oxygens (including phenoxy) is 2. The van der Waals surface area contributed by atoms with Crippen molar-refractivity contribution in [2.45, 2.75) is 32.4 Å². The number of alkyl halides is 3. The smallest absolute Gasteiger partial charge is 0.401 e. The molecule has 0 spiro atoms. The highest BCUT2D eigenvalue weighted by atomic mass is 127. The summed E-state index contributed by atoms with van der Waals surface area (Å²) in [5.74, 6) is 2.72. The van der Waals surface area contributed by atoms with Crippen molar-refractivity contribution in [1.82, 2.24) is 15.5 Å². The number of nitrogens with zero attached hydrogens (tertiary/aromatic N) is 2. The van der Waals surface area contributed by atoms with Gasteiger partial charge in [0.2, 0.25) is 0 Å². The highest BCUT2D eigenvalue weighted by molar-refractivity contribution is 14.0. The minimum atomic E-state index is -4.11. The van der Waals surface area contributed by atoms with E-state index in [1.165, 1.54) is 4.90 Å². The summed E-state index contributed by atoms with van der Waals surface area (Å²) in [7, 11) is 1.62. The van der Waals surface area contributed by atoms with Gasteiger partial charge in [0.05, 0.1) is 20.2 Å². The SMILES string of the molecule is CCNC(=NCCC1CCN(CC(F)(F)F)CC1)NCCOc1ccc(OC)cc1.I. The molecule has 0 aliphatic carbocycles. The first-order chi connectivity index (χ1) is 14.4. The summed E-state index contributed by atoms with van der Waals surface area (Å²) in [5.41, 5.74) is 0. The lowest BCUT2D eigenvalue weighted by Gasteiger charge is -2.32. The number of aliphatic imine (C=N–C) groups is 1. The average molecular weight is 558 g/mol. The van der Waals surface area contributed by atoms with Crippen molar-refractivity contribution in [1.29, 1.82) is 0 Å². The molecule has 0 bridgehead atoms. The molecule has 0 aromatic heterocycles. The van der Waals surface area contributed by atoms with Crippen LogP contribution < -0.4 is 20.1 Å². The Bertz CT molecular complexity index is 637. The van der Waals surface area contributed by atoms with E-state index in [4.69, 9.17) is 9.47 Å². The summed E-state index contributed by atoms with van der Waals surface area (Å²) < 4.78 is 48.2. The minimum Gasteiger partial charge on any atom is -0.497 e. The zero-order valence-corrected chi connectivity index (χ0v) is 20.5. The van der Waals surface area contributed by atoms with Crippen LogP contribution in [0.15, 0.2) is 29.3 Å². The Balaban J connectivity index is 0.00000480. The standard InChI is InChI=1S/C21H33F3N4O2.HI/c1-3-25-20(27-12-15-30-19-6-4-18(29-2)5-7-19)26-11-8-17-9-13-28(14-10-17)16-21(22,23)24;/h4-7,17H,3,8-16H2,1-2H3,(H2,25,26,27);1H. The monoisotopic (exact) mass is 558 g/mol. The second-order valence-corrected chi connectivity index (χ2v) is 7.33. The third kappa shape index (κ3) is 11.7. The first-order valence-corrected chi connectivity index (χ1v) is 10.5. The molecule has 31 heavy (non-hydrogen) atoms. The van der Waals surface area contributed by atoms with Crippen molar-refractivity contribution in [3.05, 3.63) is 24.3 Å². The van der Waals surface area contributed by atoms with Gasteiger partial charge in [0, 0.05) is 13.1 Å². The number of hydrogen-bond donors (Lipinski definition) is 2. The van der Waals surface area contributed by atoms with Gasteiger partial charge >= 0.3 is 6.18 Å². The lowest BCUT2D eigenvalue weighted by molar-refractivity contribution is -0.148. The molecule has 1 aromatic carbocycles. The van der Waals surface area contributed by atoms with Gasteiger partial charge in [-0.05, 0) is 69.5 Å². The Morgan fingerprint density at radius 3 is 2.35 bits per heavy atom. The van der Waals surface area contributed by atoms with E-state index in [0.29, 0.717) is 38.7 Å². The molecule has 10 heteroatoms. The van der Waals surface area contributed by atoms with Gasteiger partial charge in [-0.25, -0.2) is 0 Å². The van der Waals surface area contributed by atoms with E-state index in [1.807, 2.05) is 31.2 Å². The highest BCUT2D eigenvalue weighted by Crippen LogP contribution is 2.24. The number of halogens is 4. The van der Waals surface area contributed by atoms with Crippen LogP contribution in [0, 0.1) is 5.92 Å². The summed E-state index contributed by atoms with van der Waals surface area (Å²) in [6.45, 7) is 4.72. The molecule has 0 amide bonds. The number of methoxy groups -OCH3 is 1. The molecule has 0 atom stereocenters. The number of benzene rings is 1. The summed E-state index contributed by atoms with van der Waals surface area (Å²) in [5, 5.41) is 6.44. The number of hydrogen-bond acceptors (Lipinski definition) is 4. The molecule has 2 rings (SSSR count). The van der Waals surface area contributed by atoms with Crippen LogP contribution in [0.1, 0.15) is 26.2 Å². The van der Waals surface area contributed by atoms with Crippen LogP contribution in [0.3, 0.4) is 0 Å². The van der Waals surface area contributed by atoms with Crippen molar-refractivity contribution in [2.75, 3.05) is 53.0 Å². The zero-order valence-electron chi connectivity index (χ0n) is 18.2. The first kappa shape index (κ1) is 27.6. The third-order valence-corrected chi connectivity index (χ3v) is 4.98. The van der Waals surface area contributed by atoms with Gasteiger partial charge in [-0.15, -0.1) is 24.0 Å². The number of guanidine groups is 1. The van der Waals surface area contributed by atoms with Crippen molar-refractivity contribution < 1.29 is 22.6 Å². The normalized spacial score (nSPS) is 15.8. The summed E-state index contributed by atoms with van der Waals surface area (Å²) in [6.07, 6.45) is -1.63. The second kappa shape index (κ2) is 14.6. The molecule has 1 saturated heterocycles. The molecule has 1 heterocycles. The van der Waals surface area contributed by atoms with E-state index in [1.54, 1.807) is 7.11 Å². The Morgan fingerprint density at radius 1 is 1.13 bits per heavy atom. The predicted molar refractivity (Wildman–Crippen MR) is 128 cm³/mol. The molecule has 178 valence electrons. The lowest BCUT2D eigenvalue weighted by Crippen LogP contribution is -2.40. The van der Waals surface area contributed by atoms with E-state index in [9.17, 15) is 13.2 Å². The summed E-state index contributed by atoms with van der Waals surface area (Å²) in [4.78, 5) is 6.08. The van der Waals surface area contributed by atoms with Crippen LogP contribution in [-0.4, -0.2) is 70.0 Å². The van der Waals surface area contributed by atoms with E-state index in [2.05, 4.69) is 15.6 Å². The topological polar surface area (TPSA) is 58.1 Å². The van der Waals surface area contributed by atoms with Gasteiger partial charge in [0.25, 0.3) is 0 Å². The molecule has 0 saturated carbocycles. The van der Waals surface area contributed by atoms with E-state index >= 15 is 0 Å². The predicted octanol–water partition coefficient (Wildman–Crippen LogP) is 3.91. The molecular weight excluding hydrogens is 524 g/mol. The van der Waals surface area contributed by atoms with Crippen LogP contribution in [0.25, 0.3) is 0 Å². The Hall–Kier alpha value is -1.43. The van der Waals surface area contributed by atoms with Gasteiger partial charge in [0.1, 0.15) is 18.1 Å². The maximum Gasteiger partial charge on any atom is 0.401 e. The third-order valence-electron chi connectivity index (χ3n) is 4.98. The van der Waals surface area contributed by atoms with Crippen molar-refractivity contribution in [3.63, 3.8) is 0 Å². The van der Waals surface area contributed by atoms with Crippen LogP contribution in [0.4, 0.5) is 13.2 Å². The Morgan fingerprint density at radius 2 is 1.77 bits per heavy atom. The second-order valence-electron chi connectivity index (χ2n) is 7.33. The van der Waals surface area contributed by atoms with E-state index in [-0.39, 0.29) is 24.0 Å². The Kier molecular flexibility index (Phi) is 13.0. The lowest BCUT2D eigenvalue weighted by atomic mass is 9.93.